The first kappa shape index (κ1) is 14.8. The zero-order valence-electron chi connectivity index (χ0n) is 11.0. The Balaban J connectivity index is 2.05. The third-order valence-electron chi connectivity index (χ3n) is 4.42. The lowest BCUT2D eigenvalue weighted by molar-refractivity contribution is 0.299. The van der Waals surface area contributed by atoms with Crippen LogP contribution in [0.4, 0.5) is 0 Å². The van der Waals surface area contributed by atoms with Crippen LogP contribution in [0.15, 0.2) is 0 Å². The second kappa shape index (κ2) is 6.23. The van der Waals surface area contributed by atoms with Crippen molar-refractivity contribution in [2.45, 2.75) is 75.0 Å². The summed E-state index contributed by atoms with van der Waals surface area (Å²) < 4.78 is 28.0. The summed E-state index contributed by atoms with van der Waals surface area (Å²) in [6.45, 7) is 0. The van der Waals surface area contributed by atoms with E-state index in [1.165, 1.54) is 12.8 Å². The predicted octanol–water partition coefficient (Wildman–Crippen LogP) is 3.34. The molecule has 0 spiro atoms. The Kier molecular flexibility index (Phi) is 5.12. The highest BCUT2D eigenvalue weighted by Gasteiger charge is 2.38. The summed E-state index contributed by atoms with van der Waals surface area (Å²) in [7, 11) is -3.13. The summed E-state index contributed by atoms with van der Waals surface area (Å²) in [4.78, 5) is 0. The fourth-order valence-electron chi connectivity index (χ4n) is 3.25. The summed E-state index contributed by atoms with van der Waals surface area (Å²) in [6.07, 6.45) is 10.5. The van der Waals surface area contributed by atoms with Gasteiger partial charge in [0, 0.05) is 10.9 Å². The first-order chi connectivity index (χ1) is 8.58. The van der Waals surface area contributed by atoms with Crippen LogP contribution in [0.3, 0.4) is 0 Å². The van der Waals surface area contributed by atoms with Gasteiger partial charge >= 0.3 is 0 Å². The van der Waals surface area contributed by atoms with Crippen LogP contribution >= 0.6 is 15.9 Å². The Bertz CT molecular complexity index is 357. The molecular weight excluding hydrogens is 314 g/mol. The van der Waals surface area contributed by atoms with E-state index in [1.807, 2.05) is 0 Å². The number of sulfonamides is 1. The minimum atomic E-state index is -3.13. The van der Waals surface area contributed by atoms with Gasteiger partial charge in [-0.1, -0.05) is 54.5 Å². The molecular formula is C13H24BrNO2S. The standard InChI is InChI=1S/C13H24BrNO2S/c14-11-13(9-5-2-6-10-13)15-18(16,17)12-7-3-1-4-8-12/h12,15H,1-11H2. The fraction of sp³-hybridized carbons (Fsp3) is 1.00. The van der Waals surface area contributed by atoms with Crippen molar-refractivity contribution in [3.05, 3.63) is 0 Å². The van der Waals surface area contributed by atoms with E-state index in [0.29, 0.717) is 0 Å². The summed E-state index contributed by atoms with van der Waals surface area (Å²) >= 11 is 3.52. The van der Waals surface area contributed by atoms with Gasteiger partial charge in [-0.05, 0) is 25.7 Å². The van der Waals surface area contributed by atoms with Gasteiger partial charge in [0.25, 0.3) is 0 Å². The summed E-state index contributed by atoms with van der Waals surface area (Å²) in [5.41, 5.74) is -0.214. The van der Waals surface area contributed by atoms with Gasteiger partial charge in [-0.25, -0.2) is 13.1 Å². The summed E-state index contributed by atoms with van der Waals surface area (Å²) in [5.74, 6) is 0. The molecule has 0 aromatic heterocycles. The van der Waals surface area contributed by atoms with Crippen molar-refractivity contribution >= 4 is 26.0 Å². The zero-order valence-corrected chi connectivity index (χ0v) is 13.4. The van der Waals surface area contributed by atoms with E-state index in [0.717, 1.165) is 56.7 Å². The number of hydrogen-bond donors (Lipinski definition) is 1. The Morgan fingerprint density at radius 1 is 1.00 bits per heavy atom. The van der Waals surface area contributed by atoms with E-state index in [9.17, 15) is 8.42 Å². The van der Waals surface area contributed by atoms with Crippen LogP contribution in [0, 0.1) is 0 Å². The molecule has 5 heteroatoms. The molecule has 0 heterocycles. The molecule has 0 aromatic carbocycles. The highest BCUT2D eigenvalue weighted by Crippen LogP contribution is 2.32. The van der Waals surface area contributed by atoms with Crippen LogP contribution in [0.2, 0.25) is 0 Å². The minimum absolute atomic E-state index is 0.149. The van der Waals surface area contributed by atoms with Gasteiger partial charge in [-0.2, -0.15) is 0 Å². The van der Waals surface area contributed by atoms with Gasteiger partial charge in [-0.15, -0.1) is 0 Å². The summed E-state index contributed by atoms with van der Waals surface area (Å²) in [6, 6.07) is 0. The van der Waals surface area contributed by atoms with Crippen LogP contribution < -0.4 is 4.72 Å². The van der Waals surface area contributed by atoms with E-state index in [2.05, 4.69) is 20.7 Å². The molecule has 2 saturated carbocycles. The van der Waals surface area contributed by atoms with Gasteiger partial charge in [0.05, 0.1) is 5.25 Å². The average molecular weight is 338 g/mol. The number of hydrogen-bond acceptors (Lipinski definition) is 2. The van der Waals surface area contributed by atoms with Gasteiger partial charge in [0.15, 0.2) is 0 Å². The monoisotopic (exact) mass is 337 g/mol. The molecule has 0 amide bonds. The van der Waals surface area contributed by atoms with Crippen LogP contribution in [-0.2, 0) is 10.0 Å². The van der Waals surface area contributed by atoms with Crippen molar-refractivity contribution in [3.8, 4) is 0 Å². The molecule has 0 aliphatic heterocycles. The lowest BCUT2D eigenvalue weighted by Crippen LogP contribution is -2.53. The lowest BCUT2D eigenvalue weighted by Gasteiger charge is -2.38. The van der Waals surface area contributed by atoms with Crippen molar-refractivity contribution in [2.75, 3.05) is 5.33 Å². The molecule has 1 N–H and O–H groups in total. The molecule has 18 heavy (non-hydrogen) atoms. The molecule has 2 aliphatic rings. The number of rotatable bonds is 4. The third-order valence-corrected chi connectivity index (χ3v) is 7.56. The molecule has 0 aromatic rings. The van der Waals surface area contributed by atoms with E-state index in [4.69, 9.17) is 0 Å². The third kappa shape index (κ3) is 3.48. The Hall–Kier alpha value is 0.390. The SMILES string of the molecule is O=S(=O)(NC1(CBr)CCCCC1)C1CCCCC1. The highest BCUT2D eigenvalue weighted by atomic mass is 79.9. The number of alkyl halides is 1. The molecule has 0 unspecified atom stereocenters. The molecule has 3 nitrogen and oxygen atoms in total. The molecule has 0 radical (unpaired) electrons. The largest absolute Gasteiger partial charge is 0.215 e. The molecule has 2 aliphatic carbocycles. The van der Waals surface area contributed by atoms with E-state index >= 15 is 0 Å². The fourth-order valence-corrected chi connectivity index (χ4v) is 6.14. The second-order valence-corrected chi connectivity index (χ2v) is 8.40. The number of halogens is 1. The molecule has 0 atom stereocenters. The maximum Gasteiger partial charge on any atom is 0.215 e. The van der Waals surface area contributed by atoms with Gasteiger partial charge in [-0.3, -0.25) is 0 Å². The van der Waals surface area contributed by atoms with Gasteiger partial charge in [0.1, 0.15) is 0 Å². The Morgan fingerprint density at radius 3 is 2.11 bits per heavy atom. The van der Waals surface area contributed by atoms with Gasteiger partial charge in [0.2, 0.25) is 10.0 Å². The van der Waals surface area contributed by atoms with E-state index < -0.39 is 10.0 Å². The quantitative estimate of drug-likeness (QED) is 0.799. The molecule has 2 fully saturated rings. The van der Waals surface area contributed by atoms with Crippen LogP contribution in [0.25, 0.3) is 0 Å². The van der Waals surface area contributed by atoms with Crippen LogP contribution in [0.1, 0.15) is 64.2 Å². The van der Waals surface area contributed by atoms with E-state index in [-0.39, 0.29) is 10.8 Å². The van der Waals surface area contributed by atoms with E-state index in [1.54, 1.807) is 0 Å². The molecule has 106 valence electrons. The second-order valence-electron chi connectivity index (χ2n) is 5.88. The first-order valence-electron chi connectivity index (χ1n) is 7.17. The first-order valence-corrected chi connectivity index (χ1v) is 9.84. The Morgan fingerprint density at radius 2 is 1.56 bits per heavy atom. The number of nitrogens with one attached hydrogen (secondary N) is 1. The van der Waals surface area contributed by atoms with Crippen LogP contribution in [-0.4, -0.2) is 24.5 Å². The maximum atomic E-state index is 12.5. The predicted molar refractivity (Wildman–Crippen MR) is 78.5 cm³/mol. The van der Waals surface area contributed by atoms with Crippen molar-refractivity contribution in [2.24, 2.45) is 0 Å². The molecule has 2 rings (SSSR count). The smallest absolute Gasteiger partial charge is 0.212 e. The normalized spacial score (nSPS) is 26.1. The Labute approximate surface area is 119 Å². The zero-order chi connectivity index (χ0) is 13.1. The lowest BCUT2D eigenvalue weighted by atomic mass is 9.84. The van der Waals surface area contributed by atoms with Crippen LogP contribution in [0.5, 0.6) is 0 Å². The summed E-state index contributed by atoms with van der Waals surface area (Å²) in [5, 5.41) is 0.593. The maximum absolute atomic E-state index is 12.5. The van der Waals surface area contributed by atoms with Crippen molar-refractivity contribution in [1.29, 1.82) is 0 Å². The minimum Gasteiger partial charge on any atom is -0.212 e. The average Bonchev–Trinajstić information content (AvgIpc) is 2.40. The van der Waals surface area contributed by atoms with Crippen molar-refractivity contribution in [3.63, 3.8) is 0 Å². The van der Waals surface area contributed by atoms with Crippen molar-refractivity contribution in [1.82, 2.24) is 4.72 Å². The molecule has 0 saturated heterocycles. The highest BCUT2D eigenvalue weighted by molar-refractivity contribution is 9.09. The topological polar surface area (TPSA) is 46.2 Å². The van der Waals surface area contributed by atoms with Crippen molar-refractivity contribution < 1.29 is 8.42 Å². The molecule has 0 bridgehead atoms. The van der Waals surface area contributed by atoms with Gasteiger partial charge < -0.3 is 0 Å².